The molecule has 1 aromatic rings. The number of allylic oxidation sites excluding steroid dienone is 1. The fraction of sp³-hybridized carbons (Fsp3) is 0.100. The summed E-state index contributed by atoms with van der Waals surface area (Å²) in [4.78, 5) is 11.0. The minimum Gasteiger partial charge on any atom is -0.289 e. The van der Waals surface area contributed by atoms with Gasteiger partial charge in [0.25, 0.3) is 0 Å². The highest BCUT2D eigenvalue weighted by molar-refractivity contribution is 6.04. The van der Waals surface area contributed by atoms with E-state index in [0.29, 0.717) is 5.56 Å². The third-order valence-corrected chi connectivity index (χ3v) is 1.49. The smallest absolute Gasteiger partial charge is 0.185 e. The zero-order chi connectivity index (χ0) is 8.27. The molecule has 1 nitrogen and oxygen atoms in total. The van der Waals surface area contributed by atoms with E-state index in [9.17, 15) is 4.79 Å². The molecule has 0 aliphatic heterocycles. The first-order valence-corrected chi connectivity index (χ1v) is 3.47. The van der Waals surface area contributed by atoms with Gasteiger partial charge in [-0.2, -0.15) is 0 Å². The Labute approximate surface area is 66.4 Å². The molecule has 1 heteroatoms. The van der Waals surface area contributed by atoms with E-state index < -0.39 is 0 Å². The third-order valence-electron chi connectivity index (χ3n) is 1.49. The predicted molar refractivity (Wildman–Crippen MR) is 45.7 cm³/mol. The van der Waals surface area contributed by atoms with Gasteiger partial charge in [0.15, 0.2) is 5.78 Å². The van der Waals surface area contributed by atoms with Crippen molar-refractivity contribution < 1.29 is 4.79 Å². The van der Waals surface area contributed by atoms with Crippen LogP contribution in [-0.2, 0) is 0 Å². The van der Waals surface area contributed by atoms with Gasteiger partial charge in [-0.15, -0.1) is 0 Å². The second-order valence-corrected chi connectivity index (χ2v) is 2.44. The van der Waals surface area contributed by atoms with Gasteiger partial charge >= 0.3 is 0 Å². The summed E-state index contributed by atoms with van der Waals surface area (Å²) in [5.74, 6) is -0.0197. The van der Waals surface area contributed by atoms with E-state index in [0.717, 1.165) is 5.56 Å². The maximum absolute atomic E-state index is 11.0. The molecule has 0 heterocycles. The summed E-state index contributed by atoms with van der Waals surface area (Å²) >= 11 is 0. The highest BCUT2D eigenvalue weighted by Gasteiger charge is 1.98. The summed E-state index contributed by atoms with van der Waals surface area (Å²) in [5, 5.41) is 0. The van der Waals surface area contributed by atoms with E-state index in [2.05, 4.69) is 6.58 Å². The number of ketones is 1. The molecule has 0 amide bonds. The Bertz CT molecular complexity index is 287. The number of benzene rings is 1. The highest BCUT2D eigenvalue weighted by atomic mass is 16.1. The van der Waals surface area contributed by atoms with Gasteiger partial charge in [-0.1, -0.05) is 30.3 Å². The van der Waals surface area contributed by atoms with Crippen LogP contribution >= 0.6 is 0 Å². The first-order chi connectivity index (χ1) is 5.24. The summed E-state index contributed by atoms with van der Waals surface area (Å²) in [7, 11) is 0. The summed E-state index contributed by atoms with van der Waals surface area (Å²) in [6.07, 6.45) is 1.33. The molecule has 11 heavy (non-hydrogen) atoms. The van der Waals surface area contributed by atoms with Crippen LogP contribution < -0.4 is 0 Å². The maximum atomic E-state index is 11.0. The molecule has 0 radical (unpaired) electrons. The van der Waals surface area contributed by atoms with Crippen LogP contribution in [0.15, 0.2) is 36.9 Å². The molecule has 0 atom stereocenters. The van der Waals surface area contributed by atoms with Crippen molar-refractivity contribution in [1.82, 2.24) is 0 Å². The van der Waals surface area contributed by atoms with Gasteiger partial charge in [0.2, 0.25) is 0 Å². The lowest BCUT2D eigenvalue weighted by molar-refractivity contribution is 0.104. The maximum Gasteiger partial charge on any atom is 0.185 e. The first kappa shape index (κ1) is 7.73. The van der Waals surface area contributed by atoms with Gasteiger partial charge in [-0.05, 0) is 19.1 Å². The van der Waals surface area contributed by atoms with Crippen molar-refractivity contribution in [2.45, 2.75) is 6.92 Å². The molecule has 0 aliphatic carbocycles. The number of carbonyl (C=O) groups excluding carboxylic acids is 1. The van der Waals surface area contributed by atoms with Crippen molar-refractivity contribution in [3.05, 3.63) is 48.0 Å². The SMILES string of the molecule is C=CC(=O)c1cccc(C)c1. The molecule has 0 saturated carbocycles. The molecule has 1 rings (SSSR count). The monoisotopic (exact) mass is 146 g/mol. The van der Waals surface area contributed by atoms with Crippen LogP contribution in [0.25, 0.3) is 0 Å². The van der Waals surface area contributed by atoms with Crippen molar-refractivity contribution in [1.29, 1.82) is 0 Å². The lowest BCUT2D eigenvalue weighted by Gasteiger charge is -1.95. The molecular weight excluding hydrogens is 136 g/mol. The van der Waals surface area contributed by atoms with Crippen molar-refractivity contribution in [2.75, 3.05) is 0 Å². The van der Waals surface area contributed by atoms with Gasteiger partial charge in [-0.25, -0.2) is 0 Å². The van der Waals surface area contributed by atoms with Crippen LogP contribution in [0.4, 0.5) is 0 Å². The van der Waals surface area contributed by atoms with E-state index in [1.54, 1.807) is 6.07 Å². The fourth-order valence-electron chi connectivity index (χ4n) is 0.916. The quantitative estimate of drug-likeness (QED) is 0.462. The third kappa shape index (κ3) is 1.77. The molecule has 0 saturated heterocycles. The number of aryl methyl sites for hydroxylation is 1. The number of hydrogen-bond acceptors (Lipinski definition) is 1. The topological polar surface area (TPSA) is 17.1 Å². The molecule has 0 aliphatic rings. The molecule has 0 N–H and O–H groups in total. The summed E-state index contributed by atoms with van der Waals surface area (Å²) in [6.45, 7) is 5.38. The molecule has 0 bridgehead atoms. The lowest BCUT2D eigenvalue weighted by atomic mass is 10.1. The van der Waals surface area contributed by atoms with Crippen LogP contribution in [-0.4, -0.2) is 5.78 Å². The molecule has 1 aromatic carbocycles. The second kappa shape index (κ2) is 3.15. The summed E-state index contributed by atoms with van der Waals surface area (Å²) in [5.41, 5.74) is 1.80. The van der Waals surface area contributed by atoms with E-state index in [4.69, 9.17) is 0 Å². The Morgan fingerprint density at radius 2 is 2.27 bits per heavy atom. The zero-order valence-electron chi connectivity index (χ0n) is 6.50. The van der Waals surface area contributed by atoms with Gasteiger partial charge in [0.1, 0.15) is 0 Å². The van der Waals surface area contributed by atoms with E-state index in [1.165, 1.54) is 6.08 Å². The Balaban J connectivity index is 3.05. The zero-order valence-corrected chi connectivity index (χ0v) is 6.50. The molecule has 0 fully saturated rings. The highest BCUT2D eigenvalue weighted by Crippen LogP contribution is 2.04. The lowest BCUT2D eigenvalue weighted by Crippen LogP contribution is -1.92. The molecule has 0 spiro atoms. The van der Waals surface area contributed by atoms with E-state index >= 15 is 0 Å². The van der Waals surface area contributed by atoms with Gasteiger partial charge in [0, 0.05) is 5.56 Å². The normalized spacial score (nSPS) is 9.18. The van der Waals surface area contributed by atoms with Gasteiger partial charge in [-0.3, -0.25) is 4.79 Å². The Kier molecular flexibility index (Phi) is 2.21. The molecule has 0 aromatic heterocycles. The molecule has 0 unspecified atom stereocenters. The standard InChI is InChI=1S/C10H10O/c1-3-10(11)9-6-4-5-8(2)7-9/h3-7H,1H2,2H3. The average molecular weight is 146 g/mol. The van der Waals surface area contributed by atoms with Crippen LogP contribution in [0.5, 0.6) is 0 Å². The minimum atomic E-state index is -0.0197. The van der Waals surface area contributed by atoms with Crippen LogP contribution in [0.1, 0.15) is 15.9 Å². The first-order valence-electron chi connectivity index (χ1n) is 3.47. The Morgan fingerprint density at radius 1 is 1.55 bits per heavy atom. The minimum absolute atomic E-state index is 0.0197. The van der Waals surface area contributed by atoms with E-state index in [-0.39, 0.29) is 5.78 Å². The fourth-order valence-corrected chi connectivity index (χ4v) is 0.916. The molecular formula is C10H10O. The summed E-state index contributed by atoms with van der Waals surface area (Å²) < 4.78 is 0. The second-order valence-electron chi connectivity index (χ2n) is 2.44. The average Bonchev–Trinajstić information content (AvgIpc) is 2.03. The Morgan fingerprint density at radius 3 is 2.82 bits per heavy atom. The summed E-state index contributed by atoms with van der Waals surface area (Å²) in [6, 6.07) is 7.47. The largest absolute Gasteiger partial charge is 0.289 e. The Hall–Kier alpha value is -1.37. The van der Waals surface area contributed by atoms with Crippen molar-refractivity contribution >= 4 is 5.78 Å². The van der Waals surface area contributed by atoms with Crippen molar-refractivity contribution in [3.63, 3.8) is 0 Å². The van der Waals surface area contributed by atoms with Crippen LogP contribution in [0.3, 0.4) is 0 Å². The van der Waals surface area contributed by atoms with Crippen molar-refractivity contribution in [3.8, 4) is 0 Å². The van der Waals surface area contributed by atoms with Crippen LogP contribution in [0, 0.1) is 6.92 Å². The number of carbonyl (C=O) groups is 1. The van der Waals surface area contributed by atoms with Gasteiger partial charge in [0.05, 0.1) is 0 Å². The molecule has 56 valence electrons. The number of hydrogen-bond donors (Lipinski definition) is 0. The van der Waals surface area contributed by atoms with Crippen molar-refractivity contribution in [2.24, 2.45) is 0 Å². The predicted octanol–water partition coefficient (Wildman–Crippen LogP) is 2.36. The van der Waals surface area contributed by atoms with Gasteiger partial charge < -0.3 is 0 Å². The van der Waals surface area contributed by atoms with E-state index in [1.807, 2.05) is 25.1 Å². The number of rotatable bonds is 2. The van der Waals surface area contributed by atoms with Crippen LogP contribution in [0.2, 0.25) is 0 Å².